The second kappa shape index (κ2) is 6.62. The van der Waals surface area contributed by atoms with Gasteiger partial charge in [0.05, 0.1) is 12.7 Å². The largest absolute Gasteiger partial charge is 0.495 e. The predicted octanol–water partition coefficient (Wildman–Crippen LogP) is 1.09. The summed E-state index contributed by atoms with van der Waals surface area (Å²) in [5, 5.41) is 12.1. The molecule has 0 saturated heterocycles. The number of benzene rings is 1. The van der Waals surface area contributed by atoms with Gasteiger partial charge in [-0.15, -0.1) is 0 Å². The molecule has 0 aromatic heterocycles. The van der Waals surface area contributed by atoms with Crippen molar-refractivity contribution in [1.82, 2.24) is 5.32 Å². The van der Waals surface area contributed by atoms with Gasteiger partial charge >= 0.3 is 0 Å². The number of methoxy groups -OCH3 is 1. The van der Waals surface area contributed by atoms with Crippen molar-refractivity contribution in [2.45, 2.75) is 19.4 Å². The standard InChI is InChI=1S/C13H17N3O2/c1-3-6-16-12(13(15)17)9-4-5-11(18-2)10(7-9)8-14/h4-5,7,12,16H,3,6H2,1-2H3,(H2,15,17). The highest BCUT2D eigenvalue weighted by molar-refractivity contribution is 5.81. The zero-order valence-corrected chi connectivity index (χ0v) is 10.6. The van der Waals surface area contributed by atoms with E-state index < -0.39 is 11.9 Å². The fraction of sp³-hybridized carbons (Fsp3) is 0.385. The maximum atomic E-state index is 11.4. The number of primary amides is 1. The number of ether oxygens (including phenoxy) is 1. The number of carbonyl (C=O) groups is 1. The number of nitrogens with one attached hydrogen (secondary N) is 1. The highest BCUT2D eigenvalue weighted by atomic mass is 16.5. The Hall–Kier alpha value is -2.06. The average molecular weight is 247 g/mol. The van der Waals surface area contributed by atoms with Crippen molar-refractivity contribution in [2.75, 3.05) is 13.7 Å². The number of nitriles is 1. The molecule has 0 spiro atoms. The summed E-state index contributed by atoms with van der Waals surface area (Å²) >= 11 is 0. The molecule has 5 heteroatoms. The smallest absolute Gasteiger partial charge is 0.239 e. The fourth-order valence-electron chi connectivity index (χ4n) is 1.66. The normalized spacial score (nSPS) is 11.6. The van der Waals surface area contributed by atoms with Crippen molar-refractivity contribution >= 4 is 5.91 Å². The second-order valence-corrected chi connectivity index (χ2v) is 3.86. The summed E-state index contributed by atoms with van der Waals surface area (Å²) < 4.78 is 5.05. The van der Waals surface area contributed by atoms with Crippen molar-refractivity contribution in [2.24, 2.45) is 5.73 Å². The van der Waals surface area contributed by atoms with E-state index in [4.69, 9.17) is 15.7 Å². The van der Waals surface area contributed by atoms with E-state index in [0.717, 1.165) is 6.42 Å². The van der Waals surface area contributed by atoms with E-state index >= 15 is 0 Å². The van der Waals surface area contributed by atoms with Gasteiger partial charge in [0.15, 0.2) is 0 Å². The molecule has 0 heterocycles. The molecule has 1 aromatic carbocycles. The molecule has 0 saturated carbocycles. The van der Waals surface area contributed by atoms with Crippen LogP contribution in [0.5, 0.6) is 5.75 Å². The van der Waals surface area contributed by atoms with Crippen LogP contribution < -0.4 is 15.8 Å². The second-order valence-electron chi connectivity index (χ2n) is 3.86. The Labute approximate surface area is 107 Å². The molecule has 5 nitrogen and oxygen atoms in total. The van der Waals surface area contributed by atoms with Crippen LogP contribution in [0.15, 0.2) is 18.2 Å². The molecule has 0 bridgehead atoms. The lowest BCUT2D eigenvalue weighted by Crippen LogP contribution is -2.34. The number of nitrogens with zero attached hydrogens (tertiary/aromatic N) is 1. The number of nitrogens with two attached hydrogens (primary N) is 1. The predicted molar refractivity (Wildman–Crippen MR) is 67.9 cm³/mol. The lowest BCUT2D eigenvalue weighted by Gasteiger charge is -2.16. The number of carbonyl (C=O) groups excluding carboxylic acids is 1. The Balaban J connectivity index is 3.06. The molecule has 0 aliphatic carbocycles. The first-order valence-corrected chi connectivity index (χ1v) is 5.74. The van der Waals surface area contributed by atoms with Gasteiger partial charge in [-0.2, -0.15) is 5.26 Å². The third kappa shape index (κ3) is 3.22. The Morgan fingerprint density at radius 2 is 2.33 bits per heavy atom. The van der Waals surface area contributed by atoms with Crippen LogP contribution in [-0.2, 0) is 4.79 Å². The highest BCUT2D eigenvalue weighted by Gasteiger charge is 2.18. The third-order valence-electron chi connectivity index (χ3n) is 2.56. The number of rotatable bonds is 6. The molecular formula is C13H17N3O2. The minimum atomic E-state index is -0.581. The molecule has 0 aliphatic rings. The van der Waals surface area contributed by atoms with Crippen LogP contribution in [0.25, 0.3) is 0 Å². The third-order valence-corrected chi connectivity index (χ3v) is 2.56. The SMILES string of the molecule is CCCNC(C(N)=O)c1ccc(OC)c(C#N)c1. The van der Waals surface area contributed by atoms with Crippen molar-refractivity contribution in [3.8, 4) is 11.8 Å². The van der Waals surface area contributed by atoms with E-state index in [-0.39, 0.29) is 0 Å². The van der Waals surface area contributed by atoms with Gasteiger partial charge in [-0.1, -0.05) is 13.0 Å². The molecule has 1 amide bonds. The van der Waals surface area contributed by atoms with Gasteiger partial charge in [-0.25, -0.2) is 0 Å². The molecule has 0 radical (unpaired) electrons. The van der Waals surface area contributed by atoms with Gasteiger partial charge in [0.25, 0.3) is 0 Å². The zero-order valence-electron chi connectivity index (χ0n) is 10.6. The molecule has 18 heavy (non-hydrogen) atoms. The number of hydrogen-bond acceptors (Lipinski definition) is 4. The van der Waals surface area contributed by atoms with Crippen molar-refractivity contribution in [1.29, 1.82) is 5.26 Å². The van der Waals surface area contributed by atoms with Gasteiger partial charge in [0.2, 0.25) is 5.91 Å². The van der Waals surface area contributed by atoms with Gasteiger partial charge in [0, 0.05) is 0 Å². The van der Waals surface area contributed by atoms with E-state index in [2.05, 4.69) is 5.32 Å². The molecule has 0 aliphatic heterocycles. The van der Waals surface area contributed by atoms with Crippen molar-refractivity contribution in [3.05, 3.63) is 29.3 Å². The first-order valence-electron chi connectivity index (χ1n) is 5.74. The van der Waals surface area contributed by atoms with Gasteiger partial charge in [-0.3, -0.25) is 4.79 Å². The van der Waals surface area contributed by atoms with Crippen LogP contribution in [0.1, 0.15) is 30.5 Å². The lowest BCUT2D eigenvalue weighted by atomic mass is 10.0. The van der Waals surface area contributed by atoms with Crippen LogP contribution >= 0.6 is 0 Å². The summed E-state index contributed by atoms with van der Waals surface area (Å²) in [7, 11) is 1.50. The number of hydrogen-bond donors (Lipinski definition) is 2. The Morgan fingerprint density at radius 3 is 2.83 bits per heavy atom. The average Bonchev–Trinajstić information content (AvgIpc) is 2.38. The Kier molecular flexibility index (Phi) is 5.15. The topological polar surface area (TPSA) is 88.1 Å². The number of amides is 1. The van der Waals surface area contributed by atoms with Gasteiger partial charge in [0.1, 0.15) is 17.9 Å². The Bertz CT molecular complexity index is 466. The van der Waals surface area contributed by atoms with Crippen molar-refractivity contribution < 1.29 is 9.53 Å². The molecule has 1 aromatic rings. The maximum absolute atomic E-state index is 11.4. The monoisotopic (exact) mass is 247 g/mol. The minimum absolute atomic E-state index is 0.388. The van der Waals surface area contributed by atoms with Gasteiger partial charge in [-0.05, 0) is 30.7 Å². The molecule has 3 N–H and O–H groups in total. The molecular weight excluding hydrogens is 230 g/mol. The summed E-state index contributed by atoms with van der Waals surface area (Å²) in [5.74, 6) is 0.0254. The zero-order chi connectivity index (χ0) is 13.5. The quantitative estimate of drug-likeness (QED) is 0.787. The van der Waals surface area contributed by atoms with Crippen LogP contribution in [0.3, 0.4) is 0 Å². The summed E-state index contributed by atoms with van der Waals surface area (Å²) in [5.41, 5.74) is 6.42. The first-order chi connectivity index (χ1) is 8.63. The van der Waals surface area contributed by atoms with Crippen LogP contribution in [0.2, 0.25) is 0 Å². The van der Waals surface area contributed by atoms with Crippen molar-refractivity contribution in [3.63, 3.8) is 0 Å². The van der Waals surface area contributed by atoms with E-state index in [1.165, 1.54) is 7.11 Å². The molecule has 1 rings (SSSR count). The van der Waals surface area contributed by atoms with E-state index in [9.17, 15) is 4.79 Å². The molecule has 0 fully saturated rings. The maximum Gasteiger partial charge on any atom is 0.239 e. The summed E-state index contributed by atoms with van der Waals surface area (Å²) in [6.07, 6.45) is 0.894. The first kappa shape index (κ1) is 14.0. The summed E-state index contributed by atoms with van der Waals surface area (Å²) in [6.45, 7) is 2.68. The molecule has 96 valence electrons. The highest BCUT2D eigenvalue weighted by Crippen LogP contribution is 2.22. The summed E-state index contributed by atoms with van der Waals surface area (Å²) in [4.78, 5) is 11.4. The Morgan fingerprint density at radius 1 is 1.61 bits per heavy atom. The summed E-state index contributed by atoms with van der Waals surface area (Å²) in [6, 6.07) is 6.47. The molecule has 1 unspecified atom stereocenters. The minimum Gasteiger partial charge on any atom is -0.495 e. The van der Waals surface area contributed by atoms with E-state index in [0.29, 0.717) is 23.4 Å². The fourth-order valence-corrected chi connectivity index (χ4v) is 1.66. The van der Waals surface area contributed by atoms with Crippen LogP contribution in [0, 0.1) is 11.3 Å². The van der Waals surface area contributed by atoms with E-state index in [1.54, 1.807) is 18.2 Å². The lowest BCUT2D eigenvalue weighted by molar-refractivity contribution is -0.120. The van der Waals surface area contributed by atoms with Gasteiger partial charge < -0.3 is 15.8 Å². The van der Waals surface area contributed by atoms with Crippen LogP contribution in [0.4, 0.5) is 0 Å². The van der Waals surface area contributed by atoms with E-state index in [1.807, 2.05) is 13.0 Å². The van der Waals surface area contributed by atoms with Crippen LogP contribution in [-0.4, -0.2) is 19.6 Å². The molecule has 1 atom stereocenters.